The highest BCUT2D eigenvalue weighted by atomic mass is 16.5. The molecule has 0 radical (unpaired) electrons. The average molecular weight is 262 g/mol. The molecular weight excluding hydrogens is 248 g/mol. The third-order valence-corrected chi connectivity index (χ3v) is 3.11. The van der Waals surface area contributed by atoms with Gasteiger partial charge in [-0.05, 0) is 12.1 Å². The minimum Gasteiger partial charge on any atom is -0.459 e. The largest absolute Gasteiger partial charge is 0.459 e. The van der Waals surface area contributed by atoms with Gasteiger partial charge in [0, 0.05) is 20.2 Å². The van der Waals surface area contributed by atoms with E-state index >= 15 is 0 Å². The van der Waals surface area contributed by atoms with Crippen LogP contribution in [-0.2, 0) is 11.3 Å². The Morgan fingerprint density at radius 1 is 1.58 bits per heavy atom. The van der Waals surface area contributed by atoms with E-state index in [1.165, 1.54) is 6.26 Å². The van der Waals surface area contributed by atoms with Gasteiger partial charge in [-0.15, -0.1) is 5.10 Å². The first kappa shape index (κ1) is 11.9. The van der Waals surface area contributed by atoms with Crippen LogP contribution in [0.4, 0.5) is 0 Å². The van der Waals surface area contributed by atoms with Gasteiger partial charge in [-0.2, -0.15) is 0 Å². The van der Waals surface area contributed by atoms with E-state index in [1.54, 1.807) is 28.8 Å². The number of nitrogens with zero attached hydrogens (tertiary/aromatic N) is 4. The number of ether oxygens (including phenoxy) is 1. The van der Waals surface area contributed by atoms with Crippen molar-refractivity contribution in [1.29, 1.82) is 0 Å². The summed E-state index contributed by atoms with van der Waals surface area (Å²) in [5.41, 5.74) is 0.790. The number of furan rings is 1. The highest BCUT2D eigenvalue weighted by Gasteiger charge is 2.34. The van der Waals surface area contributed by atoms with Gasteiger partial charge < -0.3 is 14.1 Å². The molecule has 2 aromatic rings. The summed E-state index contributed by atoms with van der Waals surface area (Å²) in [6, 6.07) is 3.55. The summed E-state index contributed by atoms with van der Waals surface area (Å²) in [5, 5.41) is 8.03. The van der Waals surface area contributed by atoms with Crippen molar-refractivity contribution in [3.8, 4) is 0 Å². The Labute approximate surface area is 109 Å². The molecule has 2 aromatic heterocycles. The topological polar surface area (TPSA) is 73.4 Å². The van der Waals surface area contributed by atoms with Crippen molar-refractivity contribution < 1.29 is 13.9 Å². The van der Waals surface area contributed by atoms with Crippen LogP contribution in [0.15, 0.2) is 29.0 Å². The lowest BCUT2D eigenvalue weighted by molar-refractivity contribution is 0.0466. The maximum atomic E-state index is 11.9. The molecule has 1 amide bonds. The number of carbonyl (C=O) groups excluding carboxylic acids is 1. The second-order valence-electron chi connectivity index (χ2n) is 4.46. The molecule has 0 bridgehead atoms. The lowest BCUT2D eigenvalue weighted by atomic mass is 10.1. The molecule has 3 rings (SSSR count). The van der Waals surface area contributed by atoms with Crippen LogP contribution in [0, 0.1) is 0 Å². The van der Waals surface area contributed by atoms with Crippen LogP contribution in [0.5, 0.6) is 0 Å². The molecule has 0 atom stereocenters. The van der Waals surface area contributed by atoms with Crippen molar-refractivity contribution in [2.45, 2.75) is 12.6 Å². The Morgan fingerprint density at radius 3 is 3.11 bits per heavy atom. The Hall–Kier alpha value is -2.15. The number of hydrogen-bond donors (Lipinski definition) is 0. The van der Waals surface area contributed by atoms with Gasteiger partial charge in [-0.25, -0.2) is 4.68 Å². The van der Waals surface area contributed by atoms with Crippen LogP contribution in [0.3, 0.4) is 0 Å². The van der Waals surface area contributed by atoms with Gasteiger partial charge in [-0.3, -0.25) is 4.79 Å². The van der Waals surface area contributed by atoms with Crippen molar-refractivity contribution in [3.05, 3.63) is 36.0 Å². The lowest BCUT2D eigenvalue weighted by Gasteiger charge is -2.38. The molecule has 1 aliphatic rings. The summed E-state index contributed by atoms with van der Waals surface area (Å²) >= 11 is 0. The summed E-state index contributed by atoms with van der Waals surface area (Å²) < 4.78 is 11.9. The van der Waals surface area contributed by atoms with Crippen LogP contribution in [0.2, 0.25) is 0 Å². The van der Waals surface area contributed by atoms with E-state index in [-0.39, 0.29) is 11.9 Å². The van der Waals surface area contributed by atoms with Crippen molar-refractivity contribution in [3.63, 3.8) is 0 Å². The van der Waals surface area contributed by atoms with Crippen molar-refractivity contribution in [2.75, 3.05) is 20.2 Å². The number of carbonyl (C=O) groups is 1. The van der Waals surface area contributed by atoms with Crippen LogP contribution in [0.1, 0.15) is 22.3 Å². The molecule has 1 saturated heterocycles. The number of amides is 1. The van der Waals surface area contributed by atoms with Crippen LogP contribution in [-0.4, -0.2) is 46.0 Å². The van der Waals surface area contributed by atoms with Crippen molar-refractivity contribution in [1.82, 2.24) is 19.9 Å². The van der Waals surface area contributed by atoms with Crippen LogP contribution in [0.25, 0.3) is 0 Å². The van der Waals surface area contributed by atoms with E-state index in [0.29, 0.717) is 25.5 Å². The zero-order valence-electron chi connectivity index (χ0n) is 10.5. The first-order valence-corrected chi connectivity index (χ1v) is 6.00. The highest BCUT2D eigenvalue weighted by Crippen LogP contribution is 2.22. The molecule has 0 aliphatic carbocycles. The fraction of sp³-hybridized carbons (Fsp3) is 0.417. The van der Waals surface area contributed by atoms with Crippen LogP contribution < -0.4 is 0 Å². The second kappa shape index (κ2) is 4.85. The Morgan fingerprint density at radius 2 is 2.42 bits per heavy atom. The summed E-state index contributed by atoms with van der Waals surface area (Å²) in [7, 11) is 1.62. The number of methoxy groups -OCH3 is 1. The predicted octanol–water partition coefficient (Wildman–Crippen LogP) is 0.715. The van der Waals surface area contributed by atoms with E-state index < -0.39 is 0 Å². The number of likely N-dealkylation sites (tertiary alicyclic amines) is 1. The quantitative estimate of drug-likeness (QED) is 0.811. The summed E-state index contributed by atoms with van der Waals surface area (Å²) in [6.45, 7) is 1.69. The molecule has 7 heteroatoms. The minimum absolute atomic E-state index is 0.0847. The predicted molar refractivity (Wildman–Crippen MR) is 64.4 cm³/mol. The van der Waals surface area contributed by atoms with Crippen molar-refractivity contribution >= 4 is 5.91 Å². The Bertz CT molecular complexity index is 557. The number of rotatable bonds is 4. The molecule has 3 heterocycles. The van der Waals surface area contributed by atoms with Gasteiger partial charge >= 0.3 is 0 Å². The highest BCUT2D eigenvalue weighted by molar-refractivity contribution is 5.92. The molecule has 1 fully saturated rings. The SMILES string of the molecule is COCc1cn(C2CN(C(=O)c3ccco3)C2)nn1. The first-order valence-electron chi connectivity index (χ1n) is 6.00. The van der Waals surface area contributed by atoms with E-state index in [2.05, 4.69) is 10.3 Å². The van der Waals surface area contributed by atoms with Gasteiger partial charge in [0.2, 0.25) is 0 Å². The smallest absolute Gasteiger partial charge is 0.289 e. The van der Waals surface area contributed by atoms with E-state index in [4.69, 9.17) is 9.15 Å². The van der Waals surface area contributed by atoms with Gasteiger partial charge in [-0.1, -0.05) is 5.21 Å². The van der Waals surface area contributed by atoms with E-state index in [0.717, 1.165) is 5.69 Å². The Kier molecular flexibility index (Phi) is 3.04. The third kappa shape index (κ3) is 2.24. The van der Waals surface area contributed by atoms with Gasteiger partial charge in [0.15, 0.2) is 5.76 Å². The summed E-state index contributed by atoms with van der Waals surface area (Å²) in [6.07, 6.45) is 3.35. The van der Waals surface area contributed by atoms with E-state index in [9.17, 15) is 4.79 Å². The maximum Gasteiger partial charge on any atom is 0.289 e. The number of hydrogen-bond acceptors (Lipinski definition) is 5. The number of aromatic nitrogens is 3. The summed E-state index contributed by atoms with van der Waals surface area (Å²) in [4.78, 5) is 13.7. The van der Waals surface area contributed by atoms with E-state index in [1.807, 2.05) is 6.20 Å². The molecule has 0 spiro atoms. The molecule has 0 N–H and O–H groups in total. The average Bonchev–Trinajstić information content (AvgIpc) is 2.98. The zero-order chi connectivity index (χ0) is 13.2. The molecule has 0 aromatic carbocycles. The standard InChI is InChI=1S/C12H14N4O3/c1-18-8-9-5-16(14-13-9)10-6-15(7-10)12(17)11-3-2-4-19-11/h2-5,10H,6-8H2,1H3. The molecular formula is C12H14N4O3. The first-order chi connectivity index (χ1) is 9.28. The van der Waals surface area contributed by atoms with Crippen molar-refractivity contribution in [2.24, 2.45) is 0 Å². The molecule has 7 nitrogen and oxygen atoms in total. The fourth-order valence-corrected chi connectivity index (χ4v) is 2.05. The molecule has 1 aliphatic heterocycles. The Balaban J connectivity index is 1.58. The minimum atomic E-state index is -0.0847. The lowest BCUT2D eigenvalue weighted by Crippen LogP contribution is -2.50. The monoisotopic (exact) mass is 262 g/mol. The fourth-order valence-electron chi connectivity index (χ4n) is 2.05. The summed E-state index contributed by atoms with van der Waals surface area (Å²) in [5.74, 6) is 0.288. The van der Waals surface area contributed by atoms with Gasteiger partial charge in [0.05, 0.1) is 25.1 Å². The van der Waals surface area contributed by atoms with Gasteiger partial charge in [0.25, 0.3) is 5.91 Å². The van der Waals surface area contributed by atoms with Crippen LogP contribution >= 0.6 is 0 Å². The second-order valence-corrected chi connectivity index (χ2v) is 4.46. The molecule has 0 unspecified atom stereocenters. The maximum absolute atomic E-state index is 11.9. The molecule has 19 heavy (non-hydrogen) atoms. The zero-order valence-corrected chi connectivity index (χ0v) is 10.5. The molecule has 100 valence electrons. The normalized spacial score (nSPS) is 15.5. The van der Waals surface area contributed by atoms with Gasteiger partial charge in [0.1, 0.15) is 5.69 Å². The third-order valence-electron chi connectivity index (χ3n) is 3.11. The molecule has 0 saturated carbocycles.